The lowest BCUT2D eigenvalue weighted by molar-refractivity contribution is 0.174. The van der Waals surface area contributed by atoms with Gasteiger partial charge >= 0.3 is 0 Å². The summed E-state index contributed by atoms with van der Waals surface area (Å²) in [5.41, 5.74) is 2.52. The highest BCUT2D eigenvalue weighted by molar-refractivity contribution is 9.10. The van der Waals surface area contributed by atoms with E-state index in [2.05, 4.69) is 21.2 Å². The van der Waals surface area contributed by atoms with E-state index in [1.54, 1.807) is 6.07 Å². The molecule has 1 atom stereocenters. The van der Waals surface area contributed by atoms with Crippen LogP contribution in [0.15, 0.2) is 65.1 Å². The molecule has 0 aliphatic carbocycles. The summed E-state index contributed by atoms with van der Waals surface area (Å²) in [5, 5.41) is 13.9. The molecule has 0 saturated heterocycles. The van der Waals surface area contributed by atoms with Crippen molar-refractivity contribution < 1.29 is 19.0 Å². The molecule has 31 heavy (non-hydrogen) atoms. The summed E-state index contributed by atoms with van der Waals surface area (Å²) >= 11 is 9.65. The highest BCUT2D eigenvalue weighted by Crippen LogP contribution is 2.38. The number of hydrogen-bond acceptors (Lipinski definition) is 4. The largest absolute Gasteiger partial charge is 0.490 e. The molecule has 0 unspecified atom stereocenters. The van der Waals surface area contributed by atoms with E-state index < -0.39 is 6.10 Å². The molecule has 0 heterocycles. The van der Waals surface area contributed by atoms with Crippen LogP contribution in [-0.4, -0.2) is 18.3 Å². The molecule has 2 N–H and O–H groups in total. The first-order chi connectivity index (χ1) is 15.0. The molecule has 0 radical (unpaired) electrons. The van der Waals surface area contributed by atoms with Crippen LogP contribution in [0.3, 0.4) is 0 Å². The Kier molecular flexibility index (Phi) is 8.72. The summed E-state index contributed by atoms with van der Waals surface area (Å²) < 4.78 is 25.7. The van der Waals surface area contributed by atoms with Gasteiger partial charge in [0.1, 0.15) is 12.4 Å². The fourth-order valence-electron chi connectivity index (χ4n) is 3.06. The Labute approximate surface area is 195 Å². The molecule has 0 saturated carbocycles. The minimum atomic E-state index is -0.584. The van der Waals surface area contributed by atoms with E-state index in [4.69, 9.17) is 21.1 Å². The fourth-order valence-corrected chi connectivity index (χ4v) is 3.89. The molecule has 0 bridgehead atoms. The maximum Gasteiger partial charge on any atom is 0.175 e. The zero-order chi connectivity index (χ0) is 22.2. The maximum absolute atomic E-state index is 13.3. The first-order valence-corrected chi connectivity index (χ1v) is 11.1. The van der Waals surface area contributed by atoms with E-state index in [9.17, 15) is 9.50 Å². The average Bonchev–Trinajstić information content (AvgIpc) is 2.75. The van der Waals surface area contributed by atoms with Crippen molar-refractivity contribution in [2.75, 3.05) is 13.2 Å². The standard InChI is InChI=1S/C24H24BrClFNO3/c1-2-30-23-11-16(13-28-14-22(29)17-6-4-3-5-7-17)10-20(25)24(23)31-15-18-8-9-19(27)12-21(18)26/h3-12,22,28-29H,2,13-15H2,1H3/t22-/m0/s1. The average molecular weight is 509 g/mol. The molecular formula is C24H24BrClFNO3. The van der Waals surface area contributed by atoms with Gasteiger partial charge in [0, 0.05) is 18.7 Å². The molecule has 4 nitrogen and oxygen atoms in total. The van der Waals surface area contributed by atoms with Gasteiger partial charge in [-0.25, -0.2) is 4.39 Å². The number of hydrogen-bond donors (Lipinski definition) is 2. The van der Waals surface area contributed by atoms with Gasteiger partial charge in [0.2, 0.25) is 0 Å². The van der Waals surface area contributed by atoms with Gasteiger partial charge in [-0.2, -0.15) is 0 Å². The first-order valence-electron chi connectivity index (χ1n) is 9.93. The second kappa shape index (κ2) is 11.5. The highest BCUT2D eigenvalue weighted by atomic mass is 79.9. The molecule has 0 spiro atoms. The lowest BCUT2D eigenvalue weighted by Crippen LogP contribution is -2.21. The van der Waals surface area contributed by atoms with E-state index in [0.29, 0.717) is 41.8 Å². The van der Waals surface area contributed by atoms with Crippen molar-refractivity contribution in [1.82, 2.24) is 5.32 Å². The van der Waals surface area contributed by atoms with Crippen LogP contribution < -0.4 is 14.8 Å². The molecule has 0 aliphatic heterocycles. The van der Waals surface area contributed by atoms with E-state index in [-0.39, 0.29) is 12.4 Å². The molecular weight excluding hydrogens is 485 g/mol. The number of ether oxygens (including phenoxy) is 2. The van der Waals surface area contributed by atoms with Gasteiger partial charge in [0.05, 0.1) is 22.2 Å². The van der Waals surface area contributed by atoms with Crippen molar-refractivity contribution in [3.05, 3.63) is 92.7 Å². The van der Waals surface area contributed by atoms with Crippen molar-refractivity contribution >= 4 is 27.5 Å². The van der Waals surface area contributed by atoms with Crippen molar-refractivity contribution in [3.63, 3.8) is 0 Å². The van der Waals surface area contributed by atoms with E-state index in [0.717, 1.165) is 15.6 Å². The Balaban J connectivity index is 1.66. The Morgan fingerprint density at radius 3 is 2.58 bits per heavy atom. The zero-order valence-corrected chi connectivity index (χ0v) is 19.4. The van der Waals surface area contributed by atoms with Gasteiger partial charge in [0.15, 0.2) is 11.5 Å². The Morgan fingerprint density at radius 2 is 1.87 bits per heavy atom. The van der Waals surface area contributed by atoms with Crippen LogP contribution in [0.4, 0.5) is 4.39 Å². The normalized spacial score (nSPS) is 11.9. The van der Waals surface area contributed by atoms with Gasteiger partial charge in [-0.05, 0) is 58.2 Å². The van der Waals surface area contributed by atoms with Crippen LogP contribution in [0.2, 0.25) is 5.02 Å². The second-order valence-corrected chi connectivity index (χ2v) is 8.18. The molecule has 7 heteroatoms. The molecule has 0 amide bonds. The van der Waals surface area contributed by atoms with E-state index >= 15 is 0 Å². The number of rotatable bonds is 10. The molecule has 3 aromatic rings. The lowest BCUT2D eigenvalue weighted by Gasteiger charge is -2.17. The number of nitrogens with one attached hydrogen (secondary N) is 1. The Hall–Kier alpha value is -2.12. The SMILES string of the molecule is CCOc1cc(CNC[C@H](O)c2ccccc2)cc(Br)c1OCc1ccc(F)cc1Cl. The maximum atomic E-state index is 13.3. The summed E-state index contributed by atoms with van der Waals surface area (Å²) in [6, 6.07) is 17.6. The first kappa shape index (κ1) is 23.5. The molecule has 0 fully saturated rings. The number of halogens is 3. The summed E-state index contributed by atoms with van der Waals surface area (Å²) in [6.07, 6.45) is -0.584. The van der Waals surface area contributed by atoms with Gasteiger partial charge in [-0.15, -0.1) is 0 Å². The predicted molar refractivity (Wildman–Crippen MR) is 124 cm³/mol. The molecule has 3 rings (SSSR count). The third kappa shape index (κ3) is 6.68. The summed E-state index contributed by atoms with van der Waals surface area (Å²) in [4.78, 5) is 0. The monoisotopic (exact) mass is 507 g/mol. The smallest absolute Gasteiger partial charge is 0.175 e. The Morgan fingerprint density at radius 1 is 1.10 bits per heavy atom. The molecule has 164 valence electrons. The molecule has 3 aromatic carbocycles. The predicted octanol–water partition coefficient (Wildman–Crippen LogP) is 6.04. The van der Waals surface area contributed by atoms with Gasteiger partial charge in [0.25, 0.3) is 0 Å². The quantitative estimate of drug-likeness (QED) is 0.350. The van der Waals surface area contributed by atoms with Crippen LogP contribution in [0.1, 0.15) is 29.7 Å². The molecule has 0 aromatic heterocycles. The number of benzene rings is 3. The van der Waals surface area contributed by atoms with Crippen LogP contribution in [-0.2, 0) is 13.2 Å². The number of aliphatic hydroxyl groups is 1. The van der Waals surface area contributed by atoms with Crippen LogP contribution in [0.5, 0.6) is 11.5 Å². The van der Waals surface area contributed by atoms with Crippen LogP contribution in [0.25, 0.3) is 0 Å². The van der Waals surface area contributed by atoms with Crippen LogP contribution >= 0.6 is 27.5 Å². The highest BCUT2D eigenvalue weighted by Gasteiger charge is 2.14. The summed E-state index contributed by atoms with van der Waals surface area (Å²) in [5.74, 6) is 0.755. The van der Waals surface area contributed by atoms with Gasteiger partial charge < -0.3 is 19.9 Å². The van der Waals surface area contributed by atoms with Gasteiger partial charge in [-0.1, -0.05) is 48.0 Å². The topological polar surface area (TPSA) is 50.7 Å². The number of aliphatic hydroxyl groups excluding tert-OH is 1. The van der Waals surface area contributed by atoms with Crippen LogP contribution in [0, 0.1) is 5.82 Å². The van der Waals surface area contributed by atoms with Crippen molar-refractivity contribution in [1.29, 1.82) is 0 Å². The van der Waals surface area contributed by atoms with E-state index in [1.165, 1.54) is 12.1 Å². The zero-order valence-electron chi connectivity index (χ0n) is 17.1. The minimum absolute atomic E-state index is 0.179. The van der Waals surface area contributed by atoms with Gasteiger partial charge in [-0.3, -0.25) is 0 Å². The second-order valence-electron chi connectivity index (χ2n) is 6.92. The fraction of sp³-hybridized carbons (Fsp3) is 0.250. The van der Waals surface area contributed by atoms with Crippen molar-refractivity contribution in [2.45, 2.75) is 26.2 Å². The summed E-state index contributed by atoms with van der Waals surface area (Å²) in [6.45, 7) is 3.53. The third-order valence-corrected chi connectivity index (χ3v) is 5.55. The third-order valence-electron chi connectivity index (χ3n) is 4.61. The van der Waals surface area contributed by atoms with E-state index in [1.807, 2.05) is 49.4 Å². The van der Waals surface area contributed by atoms with Crippen molar-refractivity contribution in [3.8, 4) is 11.5 Å². The molecule has 0 aliphatic rings. The minimum Gasteiger partial charge on any atom is -0.490 e. The Bertz CT molecular complexity index is 1000. The summed E-state index contributed by atoms with van der Waals surface area (Å²) in [7, 11) is 0. The van der Waals surface area contributed by atoms with Crippen molar-refractivity contribution in [2.24, 2.45) is 0 Å². The lowest BCUT2D eigenvalue weighted by atomic mass is 10.1.